The number of ether oxygens (including phenoxy) is 7. The highest BCUT2D eigenvalue weighted by atomic mass is 79.9. The lowest BCUT2D eigenvalue weighted by Crippen LogP contribution is -2.41. The molecule has 1 aliphatic rings. The average molecular weight is 892 g/mol. The summed E-state index contributed by atoms with van der Waals surface area (Å²) in [5.41, 5.74) is 0.845. The summed E-state index contributed by atoms with van der Waals surface area (Å²) in [5, 5.41) is 0. The molecule has 0 unspecified atom stereocenters. The summed E-state index contributed by atoms with van der Waals surface area (Å²) in [4.78, 5) is 10.4. The van der Waals surface area contributed by atoms with Crippen LogP contribution in [0.5, 0.6) is 17.2 Å². The summed E-state index contributed by atoms with van der Waals surface area (Å²) in [6.07, 6.45) is 0.461. The van der Waals surface area contributed by atoms with E-state index in [1.807, 2.05) is 27.7 Å². The minimum absolute atomic E-state index is 0.0504. The largest absolute Gasteiger partial charge is 0.494 e. The number of carbonyl (C=O) groups excluding carboxylic acids is 1. The molecule has 1 saturated heterocycles. The molecule has 1 fully saturated rings. The zero-order valence-corrected chi connectivity index (χ0v) is 32.7. The fourth-order valence-corrected chi connectivity index (χ4v) is 4.99. The Hall–Kier alpha value is -2.91. The van der Waals surface area contributed by atoms with E-state index in [1.165, 1.54) is 44.6 Å². The molecular formula is C34H39BBr2F6O10. The molecule has 0 radical (unpaired) electrons. The van der Waals surface area contributed by atoms with Gasteiger partial charge in [-0.05, 0) is 75.6 Å². The Morgan fingerprint density at radius 2 is 1.08 bits per heavy atom. The highest BCUT2D eigenvalue weighted by Crippen LogP contribution is 2.37. The molecule has 0 aromatic heterocycles. The smallest absolute Gasteiger partial charge is 0.434 e. The van der Waals surface area contributed by atoms with E-state index in [0.29, 0.717) is 27.3 Å². The predicted molar refractivity (Wildman–Crippen MR) is 189 cm³/mol. The van der Waals surface area contributed by atoms with Crippen molar-refractivity contribution in [1.82, 2.24) is 0 Å². The third-order valence-corrected chi connectivity index (χ3v) is 8.28. The first kappa shape index (κ1) is 46.2. The van der Waals surface area contributed by atoms with E-state index in [2.05, 4.69) is 46.1 Å². The second kappa shape index (κ2) is 22.5. The van der Waals surface area contributed by atoms with Gasteiger partial charge in [-0.1, -0.05) is 44.0 Å². The number of benzene rings is 3. The first-order valence-electron chi connectivity index (χ1n) is 15.4. The minimum atomic E-state index is -2.92. The van der Waals surface area contributed by atoms with Crippen LogP contribution in [-0.4, -0.2) is 72.2 Å². The van der Waals surface area contributed by atoms with Crippen molar-refractivity contribution in [3.05, 3.63) is 80.2 Å². The quantitative estimate of drug-likeness (QED) is 0.0457. The van der Waals surface area contributed by atoms with E-state index in [1.54, 1.807) is 24.3 Å². The van der Waals surface area contributed by atoms with Crippen LogP contribution < -0.4 is 19.7 Å². The Morgan fingerprint density at radius 3 is 1.53 bits per heavy atom. The van der Waals surface area contributed by atoms with Crippen LogP contribution >= 0.6 is 31.9 Å². The van der Waals surface area contributed by atoms with Gasteiger partial charge in [0.25, 0.3) is 0 Å². The number of carbonyl (C=O) groups is 1. The molecule has 0 aliphatic carbocycles. The maximum absolute atomic E-state index is 12.6. The highest BCUT2D eigenvalue weighted by molar-refractivity contribution is 9.10. The van der Waals surface area contributed by atoms with Gasteiger partial charge in [-0.3, -0.25) is 4.79 Å². The zero-order valence-electron chi connectivity index (χ0n) is 29.5. The van der Waals surface area contributed by atoms with Crippen molar-refractivity contribution in [1.29, 1.82) is 0 Å². The van der Waals surface area contributed by atoms with Gasteiger partial charge in [0.15, 0.2) is 6.29 Å². The second-order valence-corrected chi connectivity index (χ2v) is 13.5. The molecule has 0 amide bonds. The summed E-state index contributed by atoms with van der Waals surface area (Å²) in [7, 11) is 2.38. The fourth-order valence-electron chi connectivity index (χ4n) is 4.21. The number of hydrogen-bond acceptors (Lipinski definition) is 10. The van der Waals surface area contributed by atoms with Crippen LogP contribution in [-0.2, 0) is 41.5 Å². The van der Waals surface area contributed by atoms with Gasteiger partial charge in [-0.25, -0.2) is 0 Å². The molecule has 0 spiro atoms. The fraction of sp³-hybridized carbons (Fsp3) is 0.441. The van der Waals surface area contributed by atoms with Crippen molar-refractivity contribution in [3.8, 4) is 17.2 Å². The molecule has 294 valence electrons. The summed E-state index contributed by atoms with van der Waals surface area (Å²) >= 11 is 6.34. The maximum Gasteiger partial charge on any atom is 0.494 e. The Morgan fingerprint density at radius 1 is 0.660 bits per heavy atom. The summed E-state index contributed by atoms with van der Waals surface area (Å²) in [6.45, 7) is -0.508. The van der Waals surface area contributed by atoms with Gasteiger partial charge in [0.1, 0.15) is 30.8 Å². The van der Waals surface area contributed by atoms with Crippen LogP contribution in [0.15, 0.2) is 63.5 Å². The van der Waals surface area contributed by atoms with Gasteiger partial charge in [-0.2, -0.15) is 26.3 Å². The average Bonchev–Trinajstić information content (AvgIpc) is 3.30. The van der Waals surface area contributed by atoms with Crippen molar-refractivity contribution in [2.75, 3.05) is 27.8 Å². The summed E-state index contributed by atoms with van der Waals surface area (Å²) in [5.74, 6) is 0.0453. The van der Waals surface area contributed by atoms with Gasteiger partial charge in [-0.15, -0.1) is 0 Å². The molecule has 3 aromatic rings. The molecule has 0 bridgehead atoms. The van der Waals surface area contributed by atoms with Crippen molar-refractivity contribution < 1.29 is 73.6 Å². The number of hydrogen-bond donors (Lipinski definition) is 0. The monoisotopic (exact) mass is 890 g/mol. The molecule has 0 N–H and O–H groups in total. The van der Waals surface area contributed by atoms with Gasteiger partial charge in [0.05, 0.1) is 30.0 Å². The van der Waals surface area contributed by atoms with Crippen LogP contribution in [0, 0.1) is 0 Å². The molecule has 0 atom stereocenters. The molecule has 1 aliphatic heterocycles. The Labute approximate surface area is 320 Å². The van der Waals surface area contributed by atoms with E-state index in [0.717, 1.165) is 4.47 Å². The standard InChI is InChI=1S/C16H23BF2O5.C10H11BrF2O3.C8H5BrF2O2/c1-15(2)16(3,4)24-17(23-15)12-6-7-13(22-14(18)19)11(8-12)9-21-10-20-5;1-14-6-15-5-7-4-8(11)2-3-9(7)16-10(12)13;9-6-1-2-7(13-8(10)11)5(3-6)4-12/h6-8,14H,9-10H2,1-5H3;2-4,10H,5-6H2,1H3;1-4,8H. The second-order valence-electron chi connectivity index (χ2n) is 11.7. The van der Waals surface area contributed by atoms with Crippen LogP contribution in [0.25, 0.3) is 0 Å². The third-order valence-electron chi connectivity index (χ3n) is 7.30. The number of alkyl halides is 6. The first-order chi connectivity index (χ1) is 24.9. The zero-order chi connectivity index (χ0) is 39.8. The van der Waals surface area contributed by atoms with Crippen LogP contribution in [0.2, 0.25) is 0 Å². The molecule has 1 heterocycles. The lowest BCUT2D eigenvalue weighted by Gasteiger charge is -2.32. The van der Waals surface area contributed by atoms with Crippen molar-refractivity contribution in [2.45, 2.75) is 71.9 Å². The van der Waals surface area contributed by atoms with Crippen LogP contribution in [0.3, 0.4) is 0 Å². The van der Waals surface area contributed by atoms with E-state index >= 15 is 0 Å². The number of rotatable bonds is 16. The van der Waals surface area contributed by atoms with E-state index in [9.17, 15) is 31.1 Å². The molecule has 53 heavy (non-hydrogen) atoms. The number of aldehydes is 1. The highest BCUT2D eigenvalue weighted by Gasteiger charge is 2.51. The maximum atomic E-state index is 12.6. The van der Waals surface area contributed by atoms with E-state index in [-0.39, 0.29) is 49.6 Å². The van der Waals surface area contributed by atoms with Crippen LogP contribution in [0.4, 0.5) is 26.3 Å². The normalized spacial score (nSPS) is 14.4. The van der Waals surface area contributed by atoms with E-state index < -0.39 is 38.2 Å². The SMILES string of the molecule is COCOCc1cc(B2OC(C)(C)C(C)(C)O2)ccc1OC(F)F.COCOCc1cc(Br)ccc1OC(F)F.O=Cc1cc(Br)ccc1OC(F)F. The van der Waals surface area contributed by atoms with Crippen LogP contribution in [0.1, 0.15) is 49.2 Å². The van der Waals surface area contributed by atoms with Gasteiger partial charge in [0, 0.05) is 34.3 Å². The van der Waals surface area contributed by atoms with Gasteiger partial charge >= 0.3 is 27.0 Å². The molecule has 19 heteroatoms. The Balaban J connectivity index is 0.000000292. The summed E-state index contributed by atoms with van der Waals surface area (Å²) in [6, 6.07) is 13.8. The van der Waals surface area contributed by atoms with Crippen molar-refractivity contribution >= 4 is 50.7 Å². The summed E-state index contributed by atoms with van der Waals surface area (Å²) < 4.78 is 119. The Kier molecular flexibility index (Phi) is 19.6. The van der Waals surface area contributed by atoms with Gasteiger partial charge < -0.3 is 42.5 Å². The molecular weight excluding hydrogens is 853 g/mol. The van der Waals surface area contributed by atoms with Crippen molar-refractivity contribution in [3.63, 3.8) is 0 Å². The number of methoxy groups -OCH3 is 2. The predicted octanol–water partition coefficient (Wildman–Crippen LogP) is 8.74. The Bertz CT molecular complexity index is 1560. The first-order valence-corrected chi connectivity index (χ1v) is 17.0. The molecule has 0 saturated carbocycles. The molecule has 10 nitrogen and oxygen atoms in total. The van der Waals surface area contributed by atoms with Crippen molar-refractivity contribution in [2.24, 2.45) is 0 Å². The lowest BCUT2D eigenvalue weighted by atomic mass is 9.78. The third kappa shape index (κ3) is 15.8. The van der Waals surface area contributed by atoms with Gasteiger partial charge in [0.2, 0.25) is 0 Å². The topological polar surface area (TPSA) is 100 Å². The van der Waals surface area contributed by atoms with E-state index in [4.69, 9.17) is 28.3 Å². The molecule has 4 rings (SSSR count). The molecule has 3 aromatic carbocycles. The minimum Gasteiger partial charge on any atom is -0.434 e. The number of halogens is 8. The lowest BCUT2D eigenvalue weighted by molar-refractivity contribution is -0.0574.